The van der Waals surface area contributed by atoms with Crippen LogP contribution < -0.4 is 0 Å². The van der Waals surface area contributed by atoms with Crippen molar-refractivity contribution >= 4 is 11.9 Å². The third-order valence-electron chi connectivity index (χ3n) is 2.71. The summed E-state index contributed by atoms with van der Waals surface area (Å²) in [6, 6.07) is -0.179. The summed E-state index contributed by atoms with van der Waals surface area (Å²) >= 11 is 0. The van der Waals surface area contributed by atoms with Crippen LogP contribution in [-0.4, -0.2) is 44.3 Å². The second-order valence-corrected chi connectivity index (χ2v) is 5.76. The molecule has 1 heterocycles. The van der Waals surface area contributed by atoms with E-state index in [1.165, 1.54) is 11.1 Å². The highest BCUT2D eigenvalue weighted by atomic mass is 16.4. The van der Waals surface area contributed by atoms with Gasteiger partial charge in [0, 0.05) is 12.2 Å². The summed E-state index contributed by atoms with van der Waals surface area (Å²) in [6.45, 7) is 9.20. The Hall–Kier alpha value is -1.85. The molecule has 1 aromatic heterocycles. The van der Waals surface area contributed by atoms with Gasteiger partial charge in [0.05, 0.1) is 17.3 Å². The Bertz CT molecular complexity index is 472. The highest BCUT2D eigenvalue weighted by Gasteiger charge is 2.24. The van der Waals surface area contributed by atoms with Crippen LogP contribution in [0.2, 0.25) is 0 Å². The van der Waals surface area contributed by atoms with E-state index in [-0.39, 0.29) is 24.0 Å². The number of nitrogens with zero attached hydrogens (tertiary/aromatic N) is 3. The maximum atomic E-state index is 12.3. The quantitative estimate of drug-likeness (QED) is 0.898. The molecule has 0 aliphatic carbocycles. The molecule has 1 aromatic rings. The molecule has 19 heavy (non-hydrogen) atoms. The molecule has 0 saturated carbocycles. The number of rotatable bonds is 4. The lowest BCUT2D eigenvalue weighted by molar-refractivity contribution is -0.138. The minimum absolute atomic E-state index is 0.179. The fourth-order valence-corrected chi connectivity index (χ4v) is 1.60. The fourth-order valence-electron chi connectivity index (χ4n) is 1.60. The Morgan fingerprint density at radius 3 is 2.37 bits per heavy atom. The number of aromatic nitrogens is 2. The van der Waals surface area contributed by atoms with Crippen molar-refractivity contribution in [3.63, 3.8) is 0 Å². The molecule has 0 atom stereocenters. The zero-order valence-electron chi connectivity index (χ0n) is 12.0. The van der Waals surface area contributed by atoms with E-state index >= 15 is 0 Å². The first-order valence-electron chi connectivity index (χ1n) is 6.21. The van der Waals surface area contributed by atoms with E-state index in [1.807, 2.05) is 20.8 Å². The lowest BCUT2D eigenvalue weighted by atomic mass is 10.1. The minimum atomic E-state index is -1.02. The average Bonchev–Trinajstić information content (AvgIpc) is 2.72. The monoisotopic (exact) mass is 267 g/mol. The van der Waals surface area contributed by atoms with Gasteiger partial charge in [-0.25, -0.2) is 0 Å². The molecule has 0 bridgehead atoms. The van der Waals surface area contributed by atoms with E-state index in [1.54, 1.807) is 24.7 Å². The maximum absolute atomic E-state index is 12.3. The molecular formula is C13H21N3O3. The number of carbonyl (C=O) groups excluding carboxylic acids is 1. The first kappa shape index (κ1) is 15.2. The van der Waals surface area contributed by atoms with Crippen LogP contribution in [0, 0.1) is 0 Å². The predicted molar refractivity (Wildman–Crippen MR) is 71.0 cm³/mol. The molecule has 0 fully saturated rings. The maximum Gasteiger partial charge on any atom is 0.323 e. The van der Waals surface area contributed by atoms with Crippen LogP contribution >= 0.6 is 0 Å². The summed E-state index contributed by atoms with van der Waals surface area (Å²) in [7, 11) is 0. The Kier molecular flexibility index (Phi) is 4.34. The van der Waals surface area contributed by atoms with Crippen molar-refractivity contribution in [1.29, 1.82) is 0 Å². The zero-order chi connectivity index (χ0) is 14.8. The fraction of sp³-hybridized carbons (Fsp3) is 0.615. The molecule has 1 rings (SSSR count). The van der Waals surface area contributed by atoms with Crippen LogP contribution in [0.3, 0.4) is 0 Å². The summed E-state index contributed by atoms with van der Waals surface area (Å²) in [5.41, 5.74) is 0.193. The zero-order valence-corrected chi connectivity index (χ0v) is 12.0. The van der Waals surface area contributed by atoms with Crippen molar-refractivity contribution in [1.82, 2.24) is 14.7 Å². The minimum Gasteiger partial charge on any atom is -0.480 e. The average molecular weight is 267 g/mol. The number of aliphatic carboxylic acids is 1. The molecule has 1 N–H and O–H groups in total. The van der Waals surface area contributed by atoms with Gasteiger partial charge < -0.3 is 10.0 Å². The first-order valence-corrected chi connectivity index (χ1v) is 6.21. The Labute approximate surface area is 113 Å². The number of hydrogen-bond donors (Lipinski definition) is 1. The second kappa shape index (κ2) is 5.42. The number of hydrogen-bond acceptors (Lipinski definition) is 3. The van der Waals surface area contributed by atoms with Gasteiger partial charge in [-0.2, -0.15) is 5.10 Å². The normalized spacial score (nSPS) is 11.7. The van der Waals surface area contributed by atoms with E-state index in [0.717, 1.165) is 0 Å². The van der Waals surface area contributed by atoms with Gasteiger partial charge in [0.1, 0.15) is 6.54 Å². The molecular weight excluding hydrogens is 246 g/mol. The number of carboxylic acids is 1. The van der Waals surface area contributed by atoms with E-state index < -0.39 is 5.97 Å². The standard InChI is InChI=1S/C13H21N3O3/c1-9(2)15(8-11(17)18)12(19)10-6-14-16(7-10)13(3,4)5/h6-7,9H,8H2,1-5H3,(H,17,18). The van der Waals surface area contributed by atoms with E-state index in [2.05, 4.69) is 5.10 Å². The Balaban J connectivity index is 2.97. The Morgan fingerprint density at radius 2 is 2.00 bits per heavy atom. The second-order valence-electron chi connectivity index (χ2n) is 5.76. The van der Waals surface area contributed by atoms with Gasteiger partial charge in [-0.3, -0.25) is 14.3 Å². The van der Waals surface area contributed by atoms with Crippen molar-refractivity contribution in [2.75, 3.05) is 6.54 Å². The molecule has 0 aliphatic rings. The van der Waals surface area contributed by atoms with Gasteiger partial charge in [-0.15, -0.1) is 0 Å². The smallest absolute Gasteiger partial charge is 0.323 e. The molecule has 0 spiro atoms. The van der Waals surface area contributed by atoms with Crippen LogP contribution in [0.1, 0.15) is 45.0 Å². The third-order valence-corrected chi connectivity index (χ3v) is 2.71. The van der Waals surface area contributed by atoms with Gasteiger partial charge in [0.15, 0.2) is 0 Å². The van der Waals surface area contributed by atoms with Crippen molar-refractivity contribution in [3.8, 4) is 0 Å². The first-order chi connectivity index (χ1) is 8.62. The summed E-state index contributed by atoms with van der Waals surface area (Å²) in [5.74, 6) is -1.34. The third kappa shape index (κ3) is 3.81. The van der Waals surface area contributed by atoms with Gasteiger partial charge in [0.2, 0.25) is 0 Å². The molecule has 0 radical (unpaired) electrons. The Morgan fingerprint density at radius 1 is 1.42 bits per heavy atom. The van der Waals surface area contributed by atoms with Gasteiger partial charge in [0.25, 0.3) is 5.91 Å². The van der Waals surface area contributed by atoms with Crippen LogP contribution in [0.15, 0.2) is 12.4 Å². The van der Waals surface area contributed by atoms with Crippen molar-refractivity contribution in [3.05, 3.63) is 18.0 Å². The molecule has 0 aliphatic heterocycles. The largest absolute Gasteiger partial charge is 0.480 e. The van der Waals surface area contributed by atoms with Gasteiger partial charge >= 0.3 is 5.97 Å². The SMILES string of the molecule is CC(C)N(CC(=O)O)C(=O)c1cnn(C(C)(C)C)c1. The van der Waals surface area contributed by atoms with E-state index in [0.29, 0.717) is 5.56 Å². The number of carbonyl (C=O) groups is 2. The number of amides is 1. The molecule has 6 nitrogen and oxygen atoms in total. The van der Waals surface area contributed by atoms with Crippen molar-refractivity contribution in [2.24, 2.45) is 0 Å². The summed E-state index contributed by atoms with van der Waals surface area (Å²) in [5, 5.41) is 13.0. The molecule has 106 valence electrons. The molecule has 0 saturated heterocycles. The lowest BCUT2D eigenvalue weighted by Crippen LogP contribution is -2.40. The molecule has 0 aromatic carbocycles. The highest BCUT2D eigenvalue weighted by Crippen LogP contribution is 2.15. The van der Waals surface area contributed by atoms with Crippen LogP contribution in [0.4, 0.5) is 0 Å². The predicted octanol–water partition coefficient (Wildman–Crippen LogP) is 1.57. The van der Waals surface area contributed by atoms with Crippen LogP contribution in [0.25, 0.3) is 0 Å². The van der Waals surface area contributed by atoms with E-state index in [9.17, 15) is 9.59 Å². The van der Waals surface area contributed by atoms with Gasteiger partial charge in [-0.05, 0) is 34.6 Å². The lowest BCUT2D eigenvalue weighted by Gasteiger charge is -2.24. The van der Waals surface area contributed by atoms with Crippen molar-refractivity contribution in [2.45, 2.75) is 46.2 Å². The number of carboxylic acid groups (broad SMARTS) is 1. The van der Waals surface area contributed by atoms with Crippen LogP contribution in [-0.2, 0) is 10.3 Å². The highest BCUT2D eigenvalue weighted by molar-refractivity contribution is 5.95. The van der Waals surface area contributed by atoms with E-state index in [4.69, 9.17) is 5.11 Å². The van der Waals surface area contributed by atoms with Crippen molar-refractivity contribution < 1.29 is 14.7 Å². The molecule has 1 amide bonds. The molecule has 6 heteroatoms. The summed E-state index contributed by atoms with van der Waals surface area (Å²) in [6.07, 6.45) is 3.13. The van der Waals surface area contributed by atoms with Crippen LogP contribution in [0.5, 0.6) is 0 Å². The summed E-state index contributed by atoms with van der Waals surface area (Å²) in [4.78, 5) is 24.4. The molecule has 0 unspecified atom stereocenters. The topological polar surface area (TPSA) is 75.4 Å². The summed E-state index contributed by atoms with van der Waals surface area (Å²) < 4.78 is 1.69. The van der Waals surface area contributed by atoms with Gasteiger partial charge in [-0.1, -0.05) is 0 Å².